The molecule has 1 unspecified atom stereocenters. The summed E-state index contributed by atoms with van der Waals surface area (Å²) in [6, 6.07) is 8.28. The van der Waals surface area contributed by atoms with Gasteiger partial charge in [-0.1, -0.05) is 38.3 Å². The molecule has 1 aromatic carbocycles. The van der Waals surface area contributed by atoms with E-state index >= 15 is 0 Å². The maximum atomic E-state index is 6.35. The summed E-state index contributed by atoms with van der Waals surface area (Å²) >= 11 is 8.11. The monoisotopic (exact) mass is 267 g/mol. The van der Waals surface area contributed by atoms with Crippen LogP contribution in [0.4, 0.5) is 0 Å². The van der Waals surface area contributed by atoms with Gasteiger partial charge < -0.3 is 0 Å². The Labute approximate surface area is 112 Å². The average Bonchev–Trinajstić information content (AvgIpc) is 2.71. The van der Waals surface area contributed by atoms with Gasteiger partial charge in [0, 0.05) is 11.8 Å². The fraction of sp³-hybridized carbons (Fsp3) is 0.500. The summed E-state index contributed by atoms with van der Waals surface area (Å²) in [5.74, 6) is 0. The lowest BCUT2D eigenvalue weighted by Gasteiger charge is -2.05. The van der Waals surface area contributed by atoms with Crippen molar-refractivity contribution in [1.29, 1.82) is 0 Å². The number of nitrogens with zero attached hydrogens (tertiary/aromatic N) is 1. The summed E-state index contributed by atoms with van der Waals surface area (Å²) < 4.78 is 1.26. The van der Waals surface area contributed by atoms with Crippen LogP contribution < -0.4 is 0 Å². The largest absolute Gasteiger partial charge is 0.241 e. The van der Waals surface area contributed by atoms with Crippen LogP contribution in [0.3, 0.4) is 0 Å². The molecule has 0 fully saturated rings. The number of rotatable bonds is 6. The van der Waals surface area contributed by atoms with E-state index in [1.54, 1.807) is 11.3 Å². The Morgan fingerprint density at radius 2 is 2.12 bits per heavy atom. The summed E-state index contributed by atoms with van der Waals surface area (Å²) in [5, 5.41) is 1.41. The number of unbranched alkanes of at least 4 members (excludes halogenated alkanes) is 2. The van der Waals surface area contributed by atoms with Crippen molar-refractivity contribution in [3.8, 4) is 0 Å². The van der Waals surface area contributed by atoms with E-state index in [9.17, 15) is 0 Å². The van der Waals surface area contributed by atoms with Crippen LogP contribution in [0, 0.1) is 0 Å². The third-order valence-electron chi connectivity index (χ3n) is 2.86. The SMILES string of the molecule is CCCCCC(Cl)Cc1nc2ccccc2s1. The topological polar surface area (TPSA) is 12.9 Å². The molecule has 0 N–H and O–H groups in total. The second kappa shape index (κ2) is 6.36. The molecule has 0 radical (unpaired) electrons. The lowest BCUT2D eigenvalue weighted by atomic mass is 10.1. The van der Waals surface area contributed by atoms with Crippen LogP contribution in [-0.4, -0.2) is 10.4 Å². The van der Waals surface area contributed by atoms with Gasteiger partial charge in [0.1, 0.15) is 0 Å². The molecule has 1 atom stereocenters. The molecule has 1 nitrogen and oxygen atoms in total. The maximum Gasteiger partial charge on any atom is 0.0953 e. The van der Waals surface area contributed by atoms with Crippen LogP contribution in [0.2, 0.25) is 0 Å². The molecule has 0 aliphatic rings. The minimum absolute atomic E-state index is 0.238. The van der Waals surface area contributed by atoms with E-state index in [0.29, 0.717) is 0 Å². The summed E-state index contributed by atoms with van der Waals surface area (Å²) in [5.41, 5.74) is 1.10. The standard InChI is InChI=1S/C14H18ClNS/c1-2-3-4-7-11(15)10-14-16-12-8-5-6-9-13(12)17-14/h5-6,8-9,11H,2-4,7,10H2,1H3. The van der Waals surface area contributed by atoms with Crippen molar-refractivity contribution in [2.24, 2.45) is 0 Å². The minimum atomic E-state index is 0.238. The Morgan fingerprint density at radius 3 is 2.88 bits per heavy atom. The number of thiazole rings is 1. The minimum Gasteiger partial charge on any atom is -0.241 e. The van der Waals surface area contributed by atoms with Crippen LogP contribution in [0.25, 0.3) is 10.2 Å². The molecule has 0 saturated heterocycles. The fourth-order valence-corrected chi connectivity index (χ4v) is 3.35. The fourth-order valence-electron chi connectivity index (χ4n) is 1.91. The lowest BCUT2D eigenvalue weighted by molar-refractivity contribution is 0.637. The van der Waals surface area contributed by atoms with Gasteiger partial charge in [-0.15, -0.1) is 22.9 Å². The number of benzene rings is 1. The molecule has 2 rings (SSSR count). The molecule has 0 bridgehead atoms. The van der Waals surface area contributed by atoms with Gasteiger partial charge in [0.05, 0.1) is 15.2 Å². The molecule has 1 aromatic heterocycles. The van der Waals surface area contributed by atoms with Crippen molar-refractivity contribution in [3.63, 3.8) is 0 Å². The van der Waals surface area contributed by atoms with Gasteiger partial charge in [-0.3, -0.25) is 0 Å². The van der Waals surface area contributed by atoms with Crippen molar-refractivity contribution < 1.29 is 0 Å². The van der Waals surface area contributed by atoms with E-state index < -0.39 is 0 Å². The first-order valence-electron chi connectivity index (χ1n) is 6.28. The molecular formula is C14H18ClNS. The summed E-state index contributed by atoms with van der Waals surface area (Å²) in [7, 11) is 0. The lowest BCUT2D eigenvalue weighted by Crippen LogP contribution is -2.02. The Morgan fingerprint density at radius 1 is 1.29 bits per heavy atom. The van der Waals surface area contributed by atoms with Crippen molar-refractivity contribution in [1.82, 2.24) is 4.98 Å². The van der Waals surface area contributed by atoms with Crippen LogP contribution in [0.1, 0.15) is 37.6 Å². The predicted molar refractivity (Wildman–Crippen MR) is 77.1 cm³/mol. The van der Waals surface area contributed by atoms with E-state index in [1.165, 1.54) is 29.0 Å². The molecule has 2 aromatic rings. The number of halogens is 1. The highest BCUT2D eigenvalue weighted by Gasteiger charge is 2.09. The molecule has 0 aliphatic carbocycles. The van der Waals surface area contributed by atoms with E-state index in [4.69, 9.17) is 11.6 Å². The second-order valence-corrected chi connectivity index (χ2v) is 6.10. The first-order valence-corrected chi connectivity index (χ1v) is 7.53. The van der Waals surface area contributed by atoms with Gasteiger partial charge in [-0.25, -0.2) is 4.98 Å². The molecule has 17 heavy (non-hydrogen) atoms. The summed E-state index contributed by atoms with van der Waals surface area (Å²) in [4.78, 5) is 4.62. The number of hydrogen-bond acceptors (Lipinski definition) is 2. The normalized spacial score (nSPS) is 13.1. The number of aromatic nitrogens is 1. The predicted octanol–water partition coefficient (Wildman–Crippen LogP) is 5.03. The zero-order valence-electron chi connectivity index (χ0n) is 10.2. The van der Waals surface area contributed by atoms with E-state index in [1.807, 2.05) is 6.07 Å². The van der Waals surface area contributed by atoms with Crippen molar-refractivity contribution in [2.45, 2.75) is 44.4 Å². The van der Waals surface area contributed by atoms with Crippen molar-refractivity contribution in [3.05, 3.63) is 29.3 Å². The first kappa shape index (κ1) is 12.8. The summed E-state index contributed by atoms with van der Waals surface area (Å²) in [6.07, 6.45) is 5.78. The summed E-state index contributed by atoms with van der Waals surface area (Å²) in [6.45, 7) is 2.22. The van der Waals surface area contributed by atoms with Crippen LogP contribution in [0.15, 0.2) is 24.3 Å². The third-order valence-corrected chi connectivity index (χ3v) is 4.29. The molecule has 0 aliphatic heterocycles. The third kappa shape index (κ3) is 3.68. The van der Waals surface area contributed by atoms with Crippen LogP contribution in [-0.2, 0) is 6.42 Å². The highest BCUT2D eigenvalue weighted by Crippen LogP contribution is 2.24. The molecule has 3 heteroatoms. The molecule has 92 valence electrons. The Balaban J connectivity index is 1.93. The molecule has 0 saturated carbocycles. The van der Waals surface area contributed by atoms with Crippen LogP contribution in [0.5, 0.6) is 0 Å². The van der Waals surface area contributed by atoms with Gasteiger partial charge in [-0.05, 0) is 18.6 Å². The molecule has 0 amide bonds. The number of hydrogen-bond donors (Lipinski definition) is 0. The maximum absolute atomic E-state index is 6.35. The Bertz CT molecular complexity index is 433. The average molecular weight is 268 g/mol. The Kier molecular flexibility index (Phi) is 4.81. The van der Waals surface area contributed by atoms with Crippen LogP contribution >= 0.6 is 22.9 Å². The molecule has 1 heterocycles. The smallest absolute Gasteiger partial charge is 0.0953 e. The number of fused-ring (bicyclic) bond motifs is 1. The first-order chi connectivity index (χ1) is 8.29. The quantitative estimate of drug-likeness (QED) is 0.529. The molecular weight excluding hydrogens is 250 g/mol. The number of alkyl halides is 1. The molecule has 0 spiro atoms. The highest BCUT2D eigenvalue weighted by atomic mass is 35.5. The van der Waals surface area contributed by atoms with Crippen molar-refractivity contribution >= 4 is 33.2 Å². The zero-order chi connectivity index (χ0) is 12.1. The van der Waals surface area contributed by atoms with Gasteiger partial charge in [0.2, 0.25) is 0 Å². The Hall–Kier alpha value is -0.600. The highest BCUT2D eigenvalue weighted by molar-refractivity contribution is 7.18. The van der Waals surface area contributed by atoms with Gasteiger partial charge in [0.15, 0.2) is 0 Å². The van der Waals surface area contributed by atoms with E-state index in [0.717, 1.165) is 18.4 Å². The van der Waals surface area contributed by atoms with Crippen molar-refractivity contribution in [2.75, 3.05) is 0 Å². The van der Waals surface area contributed by atoms with Gasteiger partial charge in [0.25, 0.3) is 0 Å². The zero-order valence-corrected chi connectivity index (χ0v) is 11.7. The van der Waals surface area contributed by atoms with Gasteiger partial charge >= 0.3 is 0 Å². The van der Waals surface area contributed by atoms with Gasteiger partial charge in [-0.2, -0.15) is 0 Å². The van der Waals surface area contributed by atoms with E-state index in [2.05, 4.69) is 30.1 Å². The number of para-hydroxylation sites is 1. The van der Waals surface area contributed by atoms with E-state index in [-0.39, 0.29) is 5.38 Å². The second-order valence-electron chi connectivity index (χ2n) is 4.37.